The molecule has 2 unspecified atom stereocenters. The highest BCUT2D eigenvalue weighted by Gasteiger charge is 2.24. The summed E-state index contributed by atoms with van der Waals surface area (Å²) in [4.78, 5) is 4.29. The molecule has 88 valence electrons. The lowest BCUT2D eigenvalue weighted by atomic mass is 10.2. The molecule has 4 heteroatoms. The highest BCUT2D eigenvalue weighted by molar-refractivity contribution is 7.99. The number of ether oxygens (including phenoxy) is 1. The Balaban J connectivity index is 1.93. The third-order valence-electron chi connectivity index (χ3n) is 2.94. The molecule has 1 aliphatic heterocycles. The molecule has 1 aromatic rings. The number of nitrogens with zero attached hydrogens (tertiary/aromatic N) is 1. The number of hydrogen-bond donors (Lipinski definition) is 1. The van der Waals surface area contributed by atoms with E-state index in [1.165, 1.54) is 5.56 Å². The molecule has 2 rings (SSSR count). The van der Waals surface area contributed by atoms with Crippen LogP contribution >= 0.6 is 11.8 Å². The summed E-state index contributed by atoms with van der Waals surface area (Å²) in [5.41, 5.74) is 7.94. The second-order valence-corrected chi connectivity index (χ2v) is 5.25. The van der Waals surface area contributed by atoms with Crippen molar-refractivity contribution in [2.24, 2.45) is 5.73 Å². The third kappa shape index (κ3) is 2.75. The summed E-state index contributed by atoms with van der Waals surface area (Å²) in [5.74, 6) is 0.985. The fourth-order valence-corrected chi connectivity index (χ4v) is 3.18. The maximum Gasteiger partial charge on any atom is 0.0666 e. The Morgan fingerprint density at radius 1 is 1.62 bits per heavy atom. The Bertz CT molecular complexity index is 346. The monoisotopic (exact) mass is 238 g/mol. The molecule has 16 heavy (non-hydrogen) atoms. The maximum absolute atomic E-state index is 5.67. The summed E-state index contributed by atoms with van der Waals surface area (Å²) < 4.78 is 5.55. The van der Waals surface area contributed by atoms with Gasteiger partial charge in [-0.3, -0.25) is 4.98 Å². The highest BCUT2D eigenvalue weighted by atomic mass is 32.2. The predicted octanol–water partition coefficient (Wildman–Crippen LogP) is 1.95. The van der Waals surface area contributed by atoms with Gasteiger partial charge in [0.2, 0.25) is 0 Å². The first kappa shape index (κ1) is 11.9. The van der Waals surface area contributed by atoms with Gasteiger partial charge in [-0.25, -0.2) is 0 Å². The summed E-state index contributed by atoms with van der Waals surface area (Å²) in [6, 6.07) is 4.09. The molecule has 2 heterocycles. The maximum atomic E-state index is 5.67. The summed E-state index contributed by atoms with van der Waals surface area (Å²) in [7, 11) is 0. The van der Waals surface area contributed by atoms with Crippen molar-refractivity contribution in [2.45, 2.75) is 37.0 Å². The van der Waals surface area contributed by atoms with E-state index >= 15 is 0 Å². The van der Waals surface area contributed by atoms with Crippen LogP contribution in [0.3, 0.4) is 0 Å². The van der Waals surface area contributed by atoms with Crippen molar-refractivity contribution in [3.8, 4) is 0 Å². The van der Waals surface area contributed by atoms with Crippen molar-refractivity contribution in [1.82, 2.24) is 4.98 Å². The van der Waals surface area contributed by atoms with Crippen LogP contribution in [0.25, 0.3) is 0 Å². The fourth-order valence-electron chi connectivity index (χ4n) is 1.91. The van der Waals surface area contributed by atoms with Crippen LogP contribution in [0, 0.1) is 0 Å². The normalized spacial score (nSPS) is 24.9. The number of aromatic nitrogens is 1. The number of nitrogens with two attached hydrogens (primary N) is 1. The minimum Gasteiger partial charge on any atom is -0.377 e. The summed E-state index contributed by atoms with van der Waals surface area (Å²) >= 11 is 1.95. The topological polar surface area (TPSA) is 48.1 Å². The van der Waals surface area contributed by atoms with Gasteiger partial charge in [0.1, 0.15) is 0 Å². The van der Waals surface area contributed by atoms with Gasteiger partial charge in [-0.2, -0.15) is 11.8 Å². The molecule has 1 aliphatic rings. The molecule has 0 saturated carbocycles. The third-order valence-corrected chi connectivity index (χ3v) is 4.46. The SMILES string of the molecule is CC1OCCC1SCc1cccnc1CN. The molecule has 3 nitrogen and oxygen atoms in total. The van der Waals surface area contributed by atoms with E-state index in [9.17, 15) is 0 Å². The van der Waals surface area contributed by atoms with Crippen LogP contribution in [0.15, 0.2) is 18.3 Å². The second-order valence-electron chi connectivity index (χ2n) is 4.03. The predicted molar refractivity (Wildman–Crippen MR) is 67.2 cm³/mol. The van der Waals surface area contributed by atoms with Crippen molar-refractivity contribution in [2.75, 3.05) is 6.61 Å². The Kier molecular flexibility index (Phi) is 4.21. The quantitative estimate of drug-likeness (QED) is 0.871. The summed E-state index contributed by atoms with van der Waals surface area (Å²) in [5, 5.41) is 0.617. The first-order valence-corrected chi connectivity index (χ1v) is 6.72. The van der Waals surface area contributed by atoms with Crippen LogP contribution in [-0.2, 0) is 17.0 Å². The molecule has 2 atom stereocenters. The first-order chi connectivity index (χ1) is 7.81. The van der Waals surface area contributed by atoms with Crippen molar-refractivity contribution < 1.29 is 4.74 Å². The van der Waals surface area contributed by atoms with Crippen molar-refractivity contribution in [3.63, 3.8) is 0 Å². The van der Waals surface area contributed by atoms with E-state index in [-0.39, 0.29) is 0 Å². The molecule has 0 radical (unpaired) electrons. The average Bonchev–Trinajstić information content (AvgIpc) is 2.72. The van der Waals surface area contributed by atoms with Crippen LogP contribution in [0.4, 0.5) is 0 Å². The minimum atomic E-state index is 0.378. The minimum absolute atomic E-state index is 0.378. The number of hydrogen-bond acceptors (Lipinski definition) is 4. The van der Waals surface area contributed by atoms with Crippen molar-refractivity contribution >= 4 is 11.8 Å². The Morgan fingerprint density at radius 2 is 2.50 bits per heavy atom. The molecule has 0 spiro atoms. The zero-order chi connectivity index (χ0) is 11.4. The standard InChI is InChI=1S/C12H18N2OS/c1-9-12(4-6-15-9)16-8-10-3-2-5-14-11(10)7-13/h2-3,5,9,12H,4,6-8,13H2,1H3. The molecule has 0 bridgehead atoms. The van der Waals surface area contributed by atoms with Gasteiger partial charge in [-0.15, -0.1) is 0 Å². The smallest absolute Gasteiger partial charge is 0.0666 e. The lowest BCUT2D eigenvalue weighted by Crippen LogP contribution is -2.14. The van der Waals surface area contributed by atoms with Gasteiger partial charge in [0.25, 0.3) is 0 Å². The van der Waals surface area contributed by atoms with Crippen LogP contribution < -0.4 is 5.73 Å². The lowest BCUT2D eigenvalue weighted by molar-refractivity contribution is 0.127. The van der Waals surface area contributed by atoms with Gasteiger partial charge in [0.05, 0.1) is 11.8 Å². The van der Waals surface area contributed by atoms with E-state index in [1.54, 1.807) is 6.20 Å². The number of pyridine rings is 1. The average molecular weight is 238 g/mol. The summed E-state index contributed by atoms with van der Waals surface area (Å²) in [6.45, 7) is 3.57. The van der Waals surface area contributed by atoms with E-state index in [0.29, 0.717) is 17.9 Å². The highest BCUT2D eigenvalue weighted by Crippen LogP contribution is 2.29. The molecule has 0 aromatic carbocycles. The zero-order valence-electron chi connectivity index (χ0n) is 9.56. The molecule has 1 fully saturated rings. The fraction of sp³-hybridized carbons (Fsp3) is 0.583. The Labute approximate surface area is 101 Å². The molecular formula is C12H18N2OS. The lowest BCUT2D eigenvalue weighted by Gasteiger charge is -2.14. The largest absolute Gasteiger partial charge is 0.377 e. The van der Waals surface area contributed by atoms with Gasteiger partial charge < -0.3 is 10.5 Å². The summed E-state index contributed by atoms with van der Waals surface area (Å²) in [6.07, 6.45) is 3.34. The van der Waals surface area contributed by atoms with E-state index in [0.717, 1.165) is 24.5 Å². The van der Waals surface area contributed by atoms with E-state index in [4.69, 9.17) is 10.5 Å². The molecule has 0 aliphatic carbocycles. The second kappa shape index (κ2) is 5.66. The van der Waals surface area contributed by atoms with Crippen LogP contribution in [0.2, 0.25) is 0 Å². The van der Waals surface area contributed by atoms with Gasteiger partial charge in [-0.05, 0) is 25.0 Å². The zero-order valence-corrected chi connectivity index (χ0v) is 10.4. The number of rotatable bonds is 4. The van der Waals surface area contributed by atoms with Gasteiger partial charge in [0.15, 0.2) is 0 Å². The van der Waals surface area contributed by atoms with Gasteiger partial charge in [-0.1, -0.05) is 6.07 Å². The van der Waals surface area contributed by atoms with Gasteiger partial charge >= 0.3 is 0 Å². The molecule has 2 N–H and O–H groups in total. The van der Waals surface area contributed by atoms with Crippen LogP contribution in [0.5, 0.6) is 0 Å². The molecular weight excluding hydrogens is 220 g/mol. The Hall–Kier alpha value is -0.580. The molecule has 1 saturated heterocycles. The molecule has 1 aromatic heterocycles. The van der Waals surface area contributed by atoms with Crippen molar-refractivity contribution in [3.05, 3.63) is 29.6 Å². The van der Waals surface area contributed by atoms with Crippen molar-refractivity contribution in [1.29, 1.82) is 0 Å². The molecule has 0 amide bonds. The van der Waals surface area contributed by atoms with Gasteiger partial charge in [0, 0.05) is 30.4 Å². The number of thioether (sulfide) groups is 1. The first-order valence-electron chi connectivity index (χ1n) is 5.67. The Morgan fingerprint density at radius 3 is 3.19 bits per heavy atom. The van der Waals surface area contributed by atoms with Crippen LogP contribution in [0.1, 0.15) is 24.6 Å². The van der Waals surface area contributed by atoms with E-state index < -0.39 is 0 Å². The van der Waals surface area contributed by atoms with E-state index in [1.807, 2.05) is 17.8 Å². The van der Waals surface area contributed by atoms with Crippen LogP contribution in [-0.4, -0.2) is 22.9 Å². The van der Waals surface area contributed by atoms with E-state index in [2.05, 4.69) is 18.0 Å².